The molecule has 0 amide bonds. The van der Waals surface area contributed by atoms with Crippen LogP contribution in [0.3, 0.4) is 0 Å². The van der Waals surface area contributed by atoms with Crippen LogP contribution < -0.4 is 5.73 Å². The van der Waals surface area contributed by atoms with E-state index >= 15 is 0 Å². The molecule has 0 aromatic carbocycles. The first-order valence-corrected chi connectivity index (χ1v) is 6.74. The van der Waals surface area contributed by atoms with E-state index in [0.29, 0.717) is 24.0 Å². The molecule has 2 N–H and O–H groups in total. The Bertz CT molecular complexity index is 687. The van der Waals surface area contributed by atoms with Crippen molar-refractivity contribution in [2.24, 2.45) is 5.73 Å². The molecule has 0 unspecified atom stereocenters. The predicted molar refractivity (Wildman–Crippen MR) is 73.5 cm³/mol. The summed E-state index contributed by atoms with van der Waals surface area (Å²) >= 11 is 1.62. The fraction of sp³-hybridized carbons (Fsp3) is 0.154. The summed E-state index contributed by atoms with van der Waals surface area (Å²) in [7, 11) is 0. The molecule has 3 aromatic heterocycles. The summed E-state index contributed by atoms with van der Waals surface area (Å²) in [4.78, 5) is 8.64. The van der Waals surface area contributed by atoms with Gasteiger partial charge in [-0.1, -0.05) is 11.2 Å². The molecule has 0 atom stereocenters. The number of aryl methyl sites for hydroxylation is 1. The molecule has 0 aliphatic rings. The molecule has 3 rings (SSSR count). The van der Waals surface area contributed by atoms with E-state index in [1.54, 1.807) is 17.5 Å². The summed E-state index contributed by atoms with van der Waals surface area (Å²) in [5.41, 5.74) is 9.30. The number of rotatable bonds is 3. The maximum atomic E-state index is 5.53. The number of nitrogens with two attached hydrogens (primary N) is 1. The van der Waals surface area contributed by atoms with Crippen molar-refractivity contribution >= 4 is 11.3 Å². The zero-order valence-corrected chi connectivity index (χ0v) is 11.1. The van der Waals surface area contributed by atoms with Crippen molar-refractivity contribution in [3.63, 3.8) is 0 Å². The zero-order chi connectivity index (χ0) is 13.2. The van der Waals surface area contributed by atoms with Crippen LogP contribution in [0.5, 0.6) is 0 Å². The zero-order valence-electron chi connectivity index (χ0n) is 10.3. The molecule has 0 saturated heterocycles. The average Bonchev–Trinajstić information content (AvgIpc) is 3.07. The SMILES string of the molecule is Cc1cscc1-c1noc(-c2ccc(CN)cn2)n1. The topological polar surface area (TPSA) is 77.8 Å². The van der Waals surface area contributed by atoms with Crippen molar-refractivity contribution in [2.45, 2.75) is 13.5 Å². The summed E-state index contributed by atoms with van der Waals surface area (Å²) in [6.07, 6.45) is 1.72. The van der Waals surface area contributed by atoms with Gasteiger partial charge in [0, 0.05) is 23.7 Å². The molecular weight excluding hydrogens is 260 g/mol. The highest BCUT2D eigenvalue weighted by atomic mass is 32.1. The second-order valence-electron chi connectivity index (χ2n) is 4.15. The van der Waals surface area contributed by atoms with Gasteiger partial charge in [-0.2, -0.15) is 16.3 Å². The minimum absolute atomic E-state index is 0.421. The van der Waals surface area contributed by atoms with E-state index in [0.717, 1.165) is 16.7 Å². The van der Waals surface area contributed by atoms with Crippen LogP contribution in [0.1, 0.15) is 11.1 Å². The Kier molecular flexibility index (Phi) is 3.10. The molecular formula is C13H12N4OS. The van der Waals surface area contributed by atoms with Crippen molar-refractivity contribution in [1.29, 1.82) is 0 Å². The third-order valence-electron chi connectivity index (χ3n) is 2.80. The summed E-state index contributed by atoms with van der Waals surface area (Å²) in [5.74, 6) is 1.02. The Hall–Kier alpha value is -2.05. The van der Waals surface area contributed by atoms with Crippen molar-refractivity contribution in [3.05, 3.63) is 40.2 Å². The summed E-state index contributed by atoms with van der Waals surface area (Å²) < 4.78 is 5.25. The molecule has 6 heteroatoms. The van der Waals surface area contributed by atoms with Crippen molar-refractivity contribution in [1.82, 2.24) is 15.1 Å². The maximum Gasteiger partial charge on any atom is 0.276 e. The van der Waals surface area contributed by atoms with Gasteiger partial charge in [0.1, 0.15) is 5.69 Å². The number of aromatic nitrogens is 3. The van der Waals surface area contributed by atoms with Crippen molar-refractivity contribution < 1.29 is 4.52 Å². The van der Waals surface area contributed by atoms with Crippen molar-refractivity contribution in [2.75, 3.05) is 0 Å². The van der Waals surface area contributed by atoms with E-state index in [1.165, 1.54) is 0 Å². The lowest BCUT2D eigenvalue weighted by atomic mass is 10.2. The lowest BCUT2D eigenvalue weighted by molar-refractivity contribution is 0.431. The Morgan fingerprint density at radius 2 is 2.21 bits per heavy atom. The molecule has 0 bridgehead atoms. The average molecular weight is 272 g/mol. The molecule has 3 aromatic rings. The Morgan fingerprint density at radius 1 is 1.32 bits per heavy atom. The summed E-state index contributed by atoms with van der Waals surface area (Å²) in [6, 6.07) is 3.74. The van der Waals surface area contributed by atoms with Crippen LogP contribution in [0.15, 0.2) is 33.6 Å². The van der Waals surface area contributed by atoms with Gasteiger partial charge in [0.2, 0.25) is 5.82 Å². The predicted octanol–water partition coefficient (Wildman–Crippen LogP) is 2.63. The summed E-state index contributed by atoms with van der Waals surface area (Å²) in [6.45, 7) is 2.49. The Balaban J connectivity index is 1.94. The van der Waals surface area contributed by atoms with Gasteiger partial charge in [0.25, 0.3) is 5.89 Å². The number of hydrogen-bond donors (Lipinski definition) is 1. The third-order valence-corrected chi connectivity index (χ3v) is 3.66. The van der Waals surface area contributed by atoms with Gasteiger partial charge >= 0.3 is 0 Å². The van der Waals surface area contributed by atoms with Crippen LogP contribution in [0.25, 0.3) is 23.0 Å². The highest BCUT2D eigenvalue weighted by molar-refractivity contribution is 7.08. The van der Waals surface area contributed by atoms with E-state index in [1.807, 2.05) is 24.4 Å². The van der Waals surface area contributed by atoms with Crippen LogP contribution >= 0.6 is 11.3 Å². The van der Waals surface area contributed by atoms with E-state index in [9.17, 15) is 0 Å². The quantitative estimate of drug-likeness (QED) is 0.793. The van der Waals surface area contributed by atoms with Crippen LogP contribution in [0.2, 0.25) is 0 Å². The standard InChI is InChI=1S/C13H12N4OS/c1-8-6-19-7-10(8)12-16-13(18-17-12)11-3-2-9(4-14)5-15-11/h2-3,5-7H,4,14H2,1H3. The van der Waals surface area contributed by atoms with Gasteiger partial charge in [-0.25, -0.2) is 0 Å². The summed E-state index contributed by atoms with van der Waals surface area (Å²) in [5, 5.41) is 8.06. The minimum Gasteiger partial charge on any atom is -0.332 e. The fourth-order valence-corrected chi connectivity index (χ4v) is 2.52. The van der Waals surface area contributed by atoms with Crippen LogP contribution in [0.4, 0.5) is 0 Å². The van der Waals surface area contributed by atoms with Crippen molar-refractivity contribution in [3.8, 4) is 23.0 Å². The fourth-order valence-electron chi connectivity index (χ4n) is 1.70. The van der Waals surface area contributed by atoms with Crippen LogP contribution in [-0.4, -0.2) is 15.1 Å². The normalized spacial score (nSPS) is 10.8. The molecule has 19 heavy (non-hydrogen) atoms. The first kappa shape index (κ1) is 12.0. The minimum atomic E-state index is 0.421. The lowest BCUT2D eigenvalue weighted by Crippen LogP contribution is -1.96. The second kappa shape index (κ2) is 4.91. The van der Waals surface area contributed by atoms with Gasteiger partial charge < -0.3 is 10.3 Å². The highest BCUT2D eigenvalue weighted by Crippen LogP contribution is 2.26. The van der Waals surface area contributed by atoms with Crippen LogP contribution in [0, 0.1) is 6.92 Å². The van der Waals surface area contributed by atoms with Gasteiger partial charge in [-0.3, -0.25) is 4.98 Å². The maximum absolute atomic E-state index is 5.53. The Morgan fingerprint density at radius 3 is 2.84 bits per heavy atom. The highest BCUT2D eigenvalue weighted by Gasteiger charge is 2.13. The molecule has 3 heterocycles. The van der Waals surface area contributed by atoms with E-state index in [2.05, 4.69) is 20.5 Å². The molecule has 0 fully saturated rings. The lowest BCUT2D eigenvalue weighted by Gasteiger charge is -1.96. The Labute approximate surface area is 114 Å². The number of thiophene rings is 1. The van der Waals surface area contributed by atoms with Gasteiger partial charge in [-0.05, 0) is 29.5 Å². The second-order valence-corrected chi connectivity index (χ2v) is 4.89. The van der Waals surface area contributed by atoms with Crippen LogP contribution in [-0.2, 0) is 6.54 Å². The van der Waals surface area contributed by atoms with Gasteiger partial charge in [-0.15, -0.1) is 0 Å². The van der Waals surface area contributed by atoms with E-state index in [4.69, 9.17) is 10.3 Å². The first-order valence-electron chi connectivity index (χ1n) is 5.80. The van der Waals surface area contributed by atoms with Gasteiger partial charge in [0.15, 0.2) is 0 Å². The molecule has 96 valence electrons. The molecule has 0 saturated carbocycles. The molecule has 0 aliphatic carbocycles. The molecule has 0 radical (unpaired) electrons. The first-order chi connectivity index (χ1) is 9.28. The number of nitrogens with zero attached hydrogens (tertiary/aromatic N) is 3. The molecule has 0 aliphatic heterocycles. The smallest absolute Gasteiger partial charge is 0.276 e. The number of pyridine rings is 1. The van der Waals surface area contributed by atoms with E-state index in [-0.39, 0.29) is 0 Å². The third kappa shape index (κ3) is 2.27. The largest absolute Gasteiger partial charge is 0.332 e. The molecule has 0 spiro atoms. The monoisotopic (exact) mass is 272 g/mol. The van der Waals surface area contributed by atoms with E-state index < -0.39 is 0 Å². The van der Waals surface area contributed by atoms with Gasteiger partial charge in [0.05, 0.1) is 0 Å². The molecule has 5 nitrogen and oxygen atoms in total. The number of hydrogen-bond acceptors (Lipinski definition) is 6.